The van der Waals surface area contributed by atoms with Gasteiger partial charge in [0.05, 0.1) is 13.2 Å². The number of nitrogens with one attached hydrogen (secondary N) is 2. The van der Waals surface area contributed by atoms with Gasteiger partial charge < -0.3 is 19.9 Å². The normalized spacial score (nSPS) is 14.5. The van der Waals surface area contributed by atoms with Gasteiger partial charge in [0.25, 0.3) is 5.91 Å². The molecule has 134 valence electrons. The van der Waals surface area contributed by atoms with E-state index in [-0.39, 0.29) is 5.91 Å². The molecule has 4 rings (SSSR count). The van der Waals surface area contributed by atoms with E-state index in [0.29, 0.717) is 31.4 Å². The fourth-order valence-electron chi connectivity index (χ4n) is 3.13. The van der Waals surface area contributed by atoms with E-state index >= 15 is 0 Å². The van der Waals surface area contributed by atoms with Crippen molar-refractivity contribution in [2.75, 3.05) is 37.7 Å². The van der Waals surface area contributed by atoms with Crippen molar-refractivity contribution in [1.82, 2.24) is 20.3 Å². The van der Waals surface area contributed by atoms with Gasteiger partial charge in [0.15, 0.2) is 0 Å². The number of para-hydroxylation sites is 1. The molecule has 0 aliphatic carbocycles. The van der Waals surface area contributed by atoms with Gasteiger partial charge in [-0.25, -0.2) is 9.97 Å². The Morgan fingerprint density at radius 2 is 2.08 bits per heavy atom. The van der Waals surface area contributed by atoms with Gasteiger partial charge >= 0.3 is 0 Å². The van der Waals surface area contributed by atoms with Crippen LogP contribution in [0.2, 0.25) is 0 Å². The molecule has 3 heterocycles. The first-order valence-electron chi connectivity index (χ1n) is 8.80. The van der Waals surface area contributed by atoms with Crippen molar-refractivity contribution in [2.45, 2.75) is 6.42 Å². The lowest BCUT2D eigenvalue weighted by Gasteiger charge is -2.26. The molecule has 1 aliphatic rings. The third-order valence-corrected chi connectivity index (χ3v) is 4.52. The van der Waals surface area contributed by atoms with E-state index in [1.165, 1.54) is 10.9 Å². The largest absolute Gasteiger partial charge is 0.378 e. The lowest BCUT2D eigenvalue weighted by atomic mass is 10.1. The molecule has 0 radical (unpaired) electrons. The number of hydrogen-bond acceptors (Lipinski definition) is 5. The Labute approximate surface area is 151 Å². The van der Waals surface area contributed by atoms with Crippen LogP contribution >= 0.6 is 0 Å². The Hall–Kier alpha value is -2.93. The molecule has 2 aromatic heterocycles. The average molecular weight is 351 g/mol. The van der Waals surface area contributed by atoms with E-state index in [1.807, 2.05) is 29.3 Å². The molecule has 2 N–H and O–H groups in total. The highest BCUT2D eigenvalue weighted by Crippen LogP contribution is 2.17. The number of rotatable bonds is 5. The molecule has 7 nitrogen and oxygen atoms in total. The Kier molecular flexibility index (Phi) is 4.79. The van der Waals surface area contributed by atoms with Crippen LogP contribution in [0.5, 0.6) is 0 Å². The second-order valence-electron chi connectivity index (χ2n) is 6.21. The molecule has 0 bridgehead atoms. The van der Waals surface area contributed by atoms with E-state index in [1.54, 1.807) is 12.3 Å². The zero-order valence-electron chi connectivity index (χ0n) is 14.4. The van der Waals surface area contributed by atoms with Crippen molar-refractivity contribution in [3.05, 3.63) is 54.0 Å². The number of H-pyrrole nitrogens is 1. The predicted molar refractivity (Wildman–Crippen MR) is 99.4 cm³/mol. The SMILES string of the molecule is O=C(NCCc1c[nH]c2ccccc12)c1ccnc(N2CCOCC2)n1. The first-order valence-corrected chi connectivity index (χ1v) is 8.80. The summed E-state index contributed by atoms with van der Waals surface area (Å²) in [6.07, 6.45) is 4.39. The number of morpholine rings is 1. The summed E-state index contributed by atoms with van der Waals surface area (Å²) in [5.74, 6) is 0.402. The monoisotopic (exact) mass is 351 g/mol. The van der Waals surface area contributed by atoms with Crippen LogP contribution in [0.1, 0.15) is 16.1 Å². The summed E-state index contributed by atoms with van der Waals surface area (Å²) in [5.41, 5.74) is 2.69. The summed E-state index contributed by atoms with van der Waals surface area (Å²) >= 11 is 0. The molecule has 0 unspecified atom stereocenters. The number of benzene rings is 1. The molecule has 1 fully saturated rings. The minimum absolute atomic E-state index is 0.179. The van der Waals surface area contributed by atoms with Crippen LogP contribution in [-0.4, -0.2) is 53.7 Å². The number of amides is 1. The average Bonchev–Trinajstić information content (AvgIpc) is 3.12. The molecule has 1 amide bonds. The molecule has 0 atom stereocenters. The molecule has 0 spiro atoms. The van der Waals surface area contributed by atoms with Crippen molar-refractivity contribution in [2.24, 2.45) is 0 Å². The highest BCUT2D eigenvalue weighted by molar-refractivity contribution is 5.92. The number of aromatic nitrogens is 3. The van der Waals surface area contributed by atoms with E-state index in [4.69, 9.17) is 4.74 Å². The summed E-state index contributed by atoms with van der Waals surface area (Å²) in [6.45, 7) is 3.35. The van der Waals surface area contributed by atoms with Crippen molar-refractivity contribution in [1.29, 1.82) is 0 Å². The Balaban J connectivity index is 1.37. The molecule has 1 aliphatic heterocycles. The summed E-state index contributed by atoms with van der Waals surface area (Å²) < 4.78 is 5.34. The third kappa shape index (κ3) is 3.52. The lowest BCUT2D eigenvalue weighted by Crippen LogP contribution is -2.37. The number of hydrogen-bond donors (Lipinski definition) is 2. The van der Waals surface area contributed by atoms with Gasteiger partial charge in [0.1, 0.15) is 5.69 Å². The van der Waals surface area contributed by atoms with E-state index in [9.17, 15) is 4.79 Å². The second kappa shape index (κ2) is 7.53. The van der Waals surface area contributed by atoms with E-state index in [2.05, 4.69) is 26.3 Å². The molecule has 1 saturated heterocycles. The minimum atomic E-state index is -0.179. The Morgan fingerprint density at radius 3 is 2.96 bits per heavy atom. The number of nitrogens with zero attached hydrogens (tertiary/aromatic N) is 3. The quantitative estimate of drug-likeness (QED) is 0.732. The number of anilines is 1. The molecule has 1 aromatic carbocycles. The molecule has 7 heteroatoms. The fraction of sp³-hybridized carbons (Fsp3) is 0.316. The predicted octanol–water partition coefficient (Wildman–Crippen LogP) is 1.77. The van der Waals surface area contributed by atoms with Crippen LogP contribution in [0.3, 0.4) is 0 Å². The highest BCUT2D eigenvalue weighted by atomic mass is 16.5. The van der Waals surface area contributed by atoms with Crippen LogP contribution in [0.4, 0.5) is 5.95 Å². The number of carbonyl (C=O) groups is 1. The lowest BCUT2D eigenvalue weighted by molar-refractivity contribution is 0.0949. The van der Waals surface area contributed by atoms with Crippen molar-refractivity contribution < 1.29 is 9.53 Å². The molecule has 3 aromatic rings. The maximum Gasteiger partial charge on any atom is 0.270 e. The first-order chi connectivity index (χ1) is 12.8. The summed E-state index contributed by atoms with van der Waals surface area (Å²) in [7, 11) is 0. The van der Waals surface area contributed by atoms with Crippen LogP contribution in [0, 0.1) is 0 Å². The van der Waals surface area contributed by atoms with E-state index < -0.39 is 0 Å². The van der Waals surface area contributed by atoms with Gasteiger partial charge in [-0.2, -0.15) is 0 Å². The molecule has 0 saturated carbocycles. The Morgan fingerprint density at radius 1 is 1.23 bits per heavy atom. The van der Waals surface area contributed by atoms with Gasteiger partial charge in [-0.1, -0.05) is 18.2 Å². The first kappa shape index (κ1) is 16.5. The fourth-order valence-corrected chi connectivity index (χ4v) is 3.13. The van der Waals surface area contributed by atoms with Crippen LogP contribution in [0.25, 0.3) is 10.9 Å². The Bertz CT molecular complexity index is 902. The molecular weight excluding hydrogens is 330 g/mol. The van der Waals surface area contributed by atoms with Crippen molar-refractivity contribution in [3.8, 4) is 0 Å². The van der Waals surface area contributed by atoms with Gasteiger partial charge in [0.2, 0.25) is 5.95 Å². The number of carbonyl (C=O) groups excluding carboxylic acids is 1. The second-order valence-corrected chi connectivity index (χ2v) is 6.21. The van der Waals surface area contributed by atoms with Gasteiger partial charge in [-0.05, 0) is 24.1 Å². The van der Waals surface area contributed by atoms with Crippen molar-refractivity contribution >= 4 is 22.8 Å². The standard InChI is InChI=1S/C19H21N5O2/c25-18(17-6-8-21-19(23-17)24-9-11-26-12-10-24)20-7-5-14-13-22-16-4-2-1-3-15(14)16/h1-4,6,8,13,22H,5,7,9-12H2,(H,20,25). The molecule has 26 heavy (non-hydrogen) atoms. The smallest absolute Gasteiger partial charge is 0.270 e. The van der Waals surface area contributed by atoms with Crippen LogP contribution in [0.15, 0.2) is 42.7 Å². The topological polar surface area (TPSA) is 83.1 Å². The van der Waals surface area contributed by atoms with Crippen LogP contribution in [-0.2, 0) is 11.2 Å². The number of fused-ring (bicyclic) bond motifs is 1. The van der Waals surface area contributed by atoms with Gasteiger partial charge in [0, 0.05) is 42.9 Å². The maximum absolute atomic E-state index is 12.4. The third-order valence-electron chi connectivity index (χ3n) is 4.52. The minimum Gasteiger partial charge on any atom is -0.378 e. The summed E-state index contributed by atoms with van der Waals surface area (Å²) in [4.78, 5) is 26.4. The number of aromatic amines is 1. The summed E-state index contributed by atoms with van der Waals surface area (Å²) in [5, 5.41) is 4.14. The zero-order chi connectivity index (χ0) is 17.8. The van der Waals surface area contributed by atoms with Gasteiger partial charge in [-0.15, -0.1) is 0 Å². The summed E-state index contributed by atoms with van der Waals surface area (Å²) in [6, 6.07) is 9.80. The zero-order valence-corrected chi connectivity index (χ0v) is 14.4. The van der Waals surface area contributed by atoms with Crippen LogP contribution < -0.4 is 10.2 Å². The maximum atomic E-state index is 12.4. The molecular formula is C19H21N5O2. The van der Waals surface area contributed by atoms with Gasteiger partial charge in [-0.3, -0.25) is 4.79 Å². The number of ether oxygens (including phenoxy) is 1. The highest BCUT2D eigenvalue weighted by Gasteiger charge is 2.16. The van der Waals surface area contributed by atoms with E-state index in [0.717, 1.165) is 25.0 Å². The van der Waals surface area contributed by atoms with Crippen molar-refractivity contribution in [3.63, 3.8) is 0 Å².